The largest absolute Gasteiger partial charge is 0.493 e. The molecule has 0 saturated heterocycles. The van der Waals surface area contributed by atoms with Crippen molar-refractivity contribution in [3.05, 3.63) is 24.8 Å². The summed E-state index contributed by atoms with van der Waals surface area (Å²) in [5, 5.41) is 0. The summed E-state index contributed by atoms with van der Waals surface area (Å²) in [5.74, 6) is 1.40. The molecule has 0 bridgehead atoms. The van der Waals surface area contributed by atoms with Gasteiger partial charge >= 0.3 is 0 Å². The van der Waals surface area contributed by atoms with Gasteiger partial charge in [-0.25, -0.2) is 4.98 Å². The van der Waals surface area contributed by atoms with Crippen LogP contribution in [0.25, 0.3) is 5.76 Å². The summed E-state index contributed by atoms with van der Waals surface area (Å²) >= 11 is 0. The van der Waals surface area contributed by atoms with Gasteiger partial charge in [0, 0.05) is 18.4 Å². The maximum absolute atomic E-state index is 5.01. The SMILES string of the molecule is C=C(OC)c1nccn1C(C)C. The summed E-state index contributed by atoms with van der Waals surface area (Å²) < 4.78 is 7.03. The molecule has 1 heterocycles. The summed E-state index contributed by atoms with van der Waals surface area (Å²) in [5.41, 5.74) is 0. The van der Waals surface area contributed by atoms with Crippen molar-refractivity contribution in [2.45, 2.75) is 19.9 Å². The third-order valence-electron chi connectivity index (χ3n) is 1.72. The maximum atomic E-state index is 5.01. The monoisotopic (exact) mass is 166 g/mol. The summed E-state index contributed by atoms with van der Waals surface area (Å²) in [4.78, 5) is 4.15. The second-order valence-electron chi connectivity index (χ2n) is 2.88. The minimum atomic E-state index is 0.384. The lowest BCUT2D eigenvalue weighted by Crippen LogP contribution is -2.04. The molecule has 66 valence electrons. The third kappa shape index (κ3) is 1.49. The van der Waals surface area contributed by atoms with Gasteiger partial charge in [-0.2, -0.15) is 0 Å². The molecule has 0 aliphatic rings. The highest BCUT2D eigenvalue weighted by Gasteiger charge is 2.08. The van der Waals surface area contributed by atoms with Crippen LogP contribution in [0.15, 0.2) is 19.0 Å². The standard InChI is InChI=1S/C9H14N2O/c1-7(2)11-6-5-10-9(11)8(3)12-4/h5-7H,3H2,1-2,4H3. The molecule has 0 spiro atoms. The molecule has 3 heteroatoms. The van der Waals surface area contributed by atoms with Gasteiger partial charge in [0.2, 0.25) is 0 Å². The Kier molecular flexibility index (Phi) is 2.53. The van der Waals surface area contributed by atoms with E-state index >= 15 is 0 Å². The van der Waals surface area contributed by atoms with Gasteiger partial charge in [0.15, 0.2) is 11.6 Å². The number of hydrogen-bond donors (Lipinski definition) is 0. The Labute approximate surface area is 72.7 Å². The van der Waals surface area contributed by atoms with Crippen LogP contribution in [0.1, 0.15) is 25.7 Å². The average molecular weight is 166 g/mol. The second-order valence-corrected chi connectivity index (χ2v) is 2.88. The first-order valence-electron chi connectivity index (χ1n) is 3.93. The predicted octanol–water partition coefficient (Wildman–Crippen LogP) is 2.08. The normalized spacial score (nSPS) is 10.3. The first-order valence-corrected chi connectivity index (χ1v) is 3.93. The van der Waals surface area contributed by atoms with E-state index in [4.69, 9.17) is 4.74 Å². The van der Waals surface area contributed by atoms with Gasteiger partial charge in [-0.15, -0.1) is 0 Å². The number of nitrogens with zero attached hydrogens (tertiary/aromatic N) is 2. The molecule has 0 aliphatic heterocycles. The van der Waals surface area contributed by atoms with Crippen molar-refractivity contribution in [3.8, 4) is 0 Å². The highest BCUT2D eigenvalue weighted by molar-refractivity contribution is 5.49. The molecule has 3 nitrogen and oxygen atoms in total. The zero-order valence-electron chi connectivity index (χ0n) is 7.74. The zero-order valence-corrected chi connectivity index (χ0v) is 7.74. The van der Waals surface area contributed by atoms with Gasteiger partial charge in [0.05, 0.1) is 7.11 Å². The van der Waals surface area contributed by atoms with E-state index in [0.29, 0.717) is 11.8 Å². The number of rotatable bonds is 3. The second kappa shape index (κ2) is 3.43. The number of imidazole rings is 1. The van der Waals surface area contributed by atoms with Crippen LogP contribution in [0.4, 0.5) is 0 Å². The summed E-state index contributed by atoms with van der Waals surface area (Å²) in [7, 11) is 1.60. The highest BCUT2D eigenvalue weighted by atomic mass is 16.5. The lowest BCUT2D eigenvalue weighted by molar-refractivity contribution is 0.362. The summed E-state index contributed by atoms with van der Waals surface area (Å²) in [6.07, 6.45) is 3.67. The van der Waals surface area contributed by atoms with Gasteiger partial charge in [-0.3, -0.25) is 0 Å². The molecule has 0 amide bonds. The molecule has 0 aromatic carbocycles. The lowest BCUT2D eigenvalue weighted by atomic mass is 10.3. The van der Waals surface area contributed by atoms with Crippen LogP contribution in [0.2, 0.25) is 0 Å². The zero-order chi connectivity index (χ0) is 9.14. The molecule has 0 radical (unpaired) electrons. The first kappa shape index (κ1) is 8.84. The molecule has 1 rings (SSSR count). The number of hydrogen-bond acceptors (Lipinski definition) is 2. The van der Waals surface area contributed by atoms with E-state index in [1.165, 1.54) is 0 Å². The van der Waals surface area contributed by atoms with E-state index in [0.717, 1.165) is 5.82 Å². The Morgan fingerprint density at radius 2 is 2.33 bits per heavy atom. The Bertz CT molecular complexity index is 276. The van der Waals surface area contributed by atoms with E-state index in [9.17, 15) is 0 Å². The van der Waals surface area contributed by atoms with Gasteiger partial charge in [0.25, 0.3) is 0 Å². The van der Waals surface area contributed by atoms with Crippen LogP contribution in [0, 0.1) is 0 Å². The van der Waals surface area contributed by atoms with Crippen molar-refractivity contribution >= 4 is 5.76 Å². The van der Waals surface area contributed by atoms with Crippen molar-refractivity contribution in [3.63, 3.8) is 0 Å². The Morgan fingerprint density at radius 3 is 2.83 bits per heavy atom. The van der Waals surface area contributed by atoms with E-state index in [1.807, 2.05) is 10.8 Å². The van der Waals surface area contributed by atoms with Crippen LogP contribution in [0.3, 0.4) is 0 Å². The van der Waals surface area contributed by atoms with Crippen LogP contribution in [-0.4, -0.2) is 16.7 Å². The van der Waals surface area contributed by atoms with Crippen molar-refractivity contribution in [1.82, 2.24) is 9.55 Å². The molecule has 0 fully saturated rings. The number of methoxy groups -OCH3 is 1. The maximum Gasteiger partial charge on any atom is 0.175 e. The van der Waals surface area contributed by atoms with Crippen LogP contribution >= 0.6 is 0 Å². The van der Waals surface area contributed by atoms with Gasteiger partial charge in [-0.05, 0) is 13.8 Å². The molecule has 12 heavy (non-hydrogen) atoms. The molecule has 0 aliphatic carbocycles. The minimum absolute atomic E-state index is 0.384. The van der Waals surface area contributed by atoms with Gasteiger partial charge in [-0.1, -0.05) is 6.58 Å². The Hall–Kier alpha value is -1.25. The van der Waals surface area contributed by atoms with E-state index < -0.39 is 0 Å². The Balaban J connectivity index is 2.99. The van der Waals surface area contributed by atoms with Crippen LogP contribution in [-0.2, 0) is 4.74 Å². The molecule has 0 saturated carbocycles. The fourth-order valence-corrected chi connectivity index (χ4v) is 1.04. The fraction of sp³-hybridized carbons (Fsp3) is 0.444. The van der Waals surface area contributed by atoms with E-state index in [-0.39, 0.29) is 0 Å². The van der Waals surface area contributed by atoms with Crippen LogP contribution in [0.5, 0.6) is 0 Å². The molecule has 1 aromatic rings. The molecule has 1 aromatic heterocycles. The number of aromatic nitrogens is 2. The Morgan fingerprint density at radius 1 is 1.67 bits per heavy atom. The van der Waals surface area contributed by atoms with Crippen molar-refractivity contribution in [2.75, 3.05) is 7.11 Å². The third-order valence-corrected chi connectivity index (χ3v) is 1.72. The molecule has 0 atom stereocenters. The van der Waals surface area contributed by atoms with Crippen molar-refractivity contribution in [1.29, 1.82) is 0 Å². The van der Waals surface area contributed by atoms with Crippen molar-refractivity contribution < 1.29 is 4.74 Å². The predicted molar refractivity (Wildman–Crippen MR) is 48.7 cm³/mol. The summed E-state index contributed by atoms with van der Waals surface area (Å²) in [6.45, 7) is 7.94. The molecule has 0 unspecified atom stereocenters. The van der Waals surface area contributed by atoms with Crippen LogP contribution < -0.4 is 0 Å². The van der Waals surface area contributed by atoms with E-state index in [2.05, 4.69) is 25.4 Å². The smallest absolute Gasteiger partial charge is 0.175 e. The molecular formula is C9H14N2O. The fourth-order valence-electron chi connectivity index (χ4n) is 1.04. The average Bonchev–Trinajstić information content (AvgIpc) is 2.50. The van der Waals surface area contributed by atoms with Crippen molar-refractivity contribution in [2.24, 2.45) is 0 Å². The molecule has 0 N–H and O–H groups in total. The summed E-state index contributed by atoms with van der Waals surface area (Å²) in [6, 6.07) is 0.384. The minimum Gasteiger partial charge on any atom is -0.493 e. The number of ether oxygens (including phenoxy) is 1. The molecular weight excluding hydrogens is 152 g/mol. The topological polar surface area (TPSA) is 27.1 Å². The quantitative estimate of drug-likeness (QED) is 0.643. The van der Waals surface area contributed by atoms with Gasteiger partial charge < -0.3 is 9.30 Å². The first-order chi connectivity index (χ1) is 5.66. The highest BCUT2D eigenvalue weighted by Crippen LogP contribution is 2.15. The van der Waals surface area contributed by atoms with E-state index in [1.54, 1.807) is 13.3 Å². The lowest BCUT2D eigenvalue weighted by Gasteiger charge is -2.11. The van der Waals surface area contributed by atoms with Gasteiger partial charge in [0.1, 0.15) is 0 Å².